The SMILES string of the molecule is O=C(NCC(F)(F)F)c1ccc(Br)cc1F. The summed E-state index contributed by atoms with van der Waals surface area (Å²) in [5, 5.41) is 1.58. The lowest BCUT2D eigenvalue weighted by molar-refractivity contribution is -0.123. The molecule has 0 aliphatic heterocycles. The van der Waals surface area contributed by atoms with E-state index in [0.717, 1.165) is 12.1 Å². The van der Waals surface area contributed by atoms with Gasteiger partial charge in [-0.15, -0.1) is 0 Å². The zero-order valence-corrected chi connectivity index (χ0v) is 9.32. The summed E-state index contributed by atoms with van der Waals surface area (Å²) in [4.78, 5) is 11.2. The number of carbonyl (C=O) groups is 1. The lowest BCUT2D eigenvalue weighted by Gasteiger charge is -2.08. The molecule has 0 aliphatic rings. The summed E-state index contributed by atoms with van der Waals surface area (Å²) in [5.41, 5.74) is -0.424. The fraction of sp³-hybridized carbons (Fsp3) is 0.222. The van der Waals surface area contributed by atoms with Crippen molar-refractivity contribution in [1.29, 1.82) is 0 Å². The topological polar surface area (TPSA) is 29.1 Å². The molecule has 0 heterocycles. The van der Waals surface area contributed by atoms with Crippen molar-refractivity contribution in [2.45, 2.75) is 6.18 Å². The summed E-state index contributed by atoms with van der Waals surface area (Å²) in [6.07, 6.45) is -4.51. The van der Waals surface area contributed by atoms with Crippen molar-refractivity contribution in [3.8, 4) is 0 Å². The van der Waals surface area contributed by atoms with Crippen LogP contribution in [-0.2, 0) is 0 Å². The largest absolute Gasteiger partial charge is 0.405 e. The standard InChI is InChI=1S/C9H6BrF4NO/c10-5-1-2-6(7(11)3-5)8(16)15-4-9(12,13)14/h1-3H,4H2,(H,15,16). The first kappa shape index (κ1) is 13.0. The molecule has 1 rings (SSSR count). The van der Waals surface area contributed by atoms with E-state index >= 15 is 0 Å². The molecule has 0 saturated carbocycles. The Hall–Kier alpha value is -1.11. The second-order valence-electron chi connectivity index (χ2n) is 2.92. The first-order valence-corrected chi connectivity index (χ1v) is 4.89. The summed E-state index contributed by atoms with van der Waals surface area (Å²) < 4.78 is 48.9. The number of carbonyl (C=O) groups excluding carboxylic acids is 1. The molecule has 0 atom stereocenters. The number of alkyl halides is 3. The van der Waals surface area contributed by atoms with Crippen LogP contribution in [0.2, 0.25) is 0 Å². The maximum Gasteiger partial charge on any atom is 0.405 e. The van der Waals surface area contributed by atoms with Crippen LogP contribution in [0, 0.1) is 5.82 Å². The lowest BCUT2D eigenvalue weighted by Crippen LogP contribution is -2.34. The highest BCUT2D eigenvalue weighted by Gasteiger charge is 2.28. The van der Waals surface area contributed by atoms with E-state index in [2.05, 4.69) is 15.9 Å². The van der Waals surface area contributed by atoms with E-state index in [1.807, 2.05) is 0 Å². The van der Waals surface area contributed by atoms with Crippen molar-refractivity contribution in [1.82, 2.24) is 5.32 Å². The molecule has 16 heavy (non-hydrogen) atoms. The van der Waals surface area contributed by atoms with Gasteiger partial charge in [0, 0.05) is 4.47 Å². The molecule has 0 aromatic heterocycles. The Labute approximate surface area is 96.8 Å². The molecule has 1 amide bonds. The number of hydrogen-bond donors (Lipinski definition) is 1. The molecule has 0 spiro atoms. The third kappa shape index (κ3) is 3.80. The summed E-state index contributed by atoms with van der Waals surface area (Å²) in [7, 11) is 0. The molecular weight excluding hydrogens is 294 g/mol. The van der Waals surface area contributed by atoms with Gasteiger partial charge in [-0.2, -0.15) is 13.2 Å². The molecule has 0 bridgehead atoms. The molecule has 1 aromatic rings. The van der Waals surface area contributed by atoms with Gasteiger partial charge in [0.25, 0.3) is 5.91 Å². The maximum absolute atomic E-state index is 13.1. The molecule has 0 aliphatic carbocycles. The van der Waals surface area contributed by atoms with Crippen molar-refractivity contribution in [3.05, 3.63) is 34.1 Å². The number of rotatable bonds is 2. The van der Waals surface area contributed by atoms with Gasteiger partial charge in [-0.05, 0) is 18.2 Å². The molecule has 0 fully saturated rings. The summed E-state index contributed by atoms with van der Waals surface area (Å²) in [6.45, 7) is -1.48. The average Bonchev–Trinajstić information content (AvgIpc) is 2.13. The number of nitrogens with one attached hydrogen (secondary N) is 1. The number of amides is 1. The van der Waals surface area contributed by atoms with Gasteiger partial charge >= 0.3 is 6.18 Å². The van der Waals surface area contributed by atoms with E-state index in [4.69, 9.17) is 0 Å². The number of benzene rings is 1. The van der Waals surface area contributed by atoms with Crippen LogP contribution < -0.4 is 5.32 Å². The molecule has 1 aromatic carbocycles. The fourth-order valence-corrected chi connectivity index (χ4v) is 1.28. The molecule has 0 saturated heterocycles. The van der Waals surface area contributed by atoms with Crippen LogP contribution in [0.3, 0.4) is 0 Å². The van der Waals surface area contributed by atoms with Gasteiger partial charge in [0.05, 0.1) is 5.56 Å². The Balaban J connectivity index is 2.74. The molecule has 0 unspecified atom stereocenters. The van der Waals surface area contributed by atoms with Crippen LogP contribution in [0.5, 0.6) is 0 Å². The Morgan fingerprint density at radius 3 is 2.50 bits per heavy atom. The minimum atomic E-state index is -4.51. The normalized spacial score (nSPS) is 11.3. The molecule has 88 valence electrons. The molecule has 7 heteroatoms. The smallest absolute Gasteiger partial charge is 0.343 e. The van der Waals surface area contributed by atoms with Crippen LogP contribution in [0.1, 0.15) is 10.4 Å². The van der Waals surface area contributed by atoms with Crippen LogP contribution in [0.15, 0.2) is 22.7 Å². The highest BCUT2D eigenvalue weighted by Crippen LogP contribution is 2.16. The van der Waals surface area contributed by atoms with E-state index in [1.165, 1.54) is 6.07 Å². The quantitative estimate of drug-likeness (QED) is 0.836. The highest BCUT2D eigenvalue weighted by atomic mass is 79.9. The van der Waals surface area contributed by atoms with Gasteiger partial charge in [-0.3, -0.25) is 4.79 Å². The lowest BCUT2D eigenvalue weighted by atomic mass is 10.2. The van der Waals surface area contributed by atoms with Gasteiger partial charge in [-0.1, -0.05) is 15.9 Å². The number of hydrogen-bond acceptors (Lipinski definition) is 1. The van der Waals surface area contributed by atoms with Gasteiger partial charge in [0.1, 0.15) is 12.4 Å². The molecule has 2 nitrogen and oxygen atoms in total. The molecule has 0 radical (unpaired) electrons. The van der Waals surface area contributed by atoms with Crippen LogP contribution in [-0.4, -0.2) is 18.6 Å². The Morgan fingerprint density at radius 1 is 1.38 bits per heavy atom. The Kier molecular flexibility index (Phi) is 3.90. The zero-order chi connectivity index (χ0) is 12.3. The van der Waals surface area contributed by atoms with Crippen molar-refractivity contribution >= 4 is 21.8 Å². The third-order valence-corrected chi connectivity index (χ3v) is 2.12. The maximum atomic E-state index is 13.1. The average molecular weight is 300 g/mol. The predicted octanol–water partition coefficient (Wildman–Crippen LogP) is 2.88. The van der Waals surface area contributed by atoms with E-state index in [1.54, 1.807) is 5.32 Å². The summed E-state index contributed by atoms with van der Waals surface area (Å²) in [6, 6.07) is 3.47. The third-order valence-electron chi connectivity index (χ3n) is 1.63. The van der Waals surface area contributed by atoms with Crippen LogP contribution in [0.25, 0.3) is 0 Å². The Morgan fingerprint density at radius 2 is 2.00 bits per heavy atom. The summed E-state index contributed by atoms with van der Waals surface area (Å²) >= 11 is 2.96. The van der Waals surface area contributed by atoms with E-state index in [0.29, 0.717) is 4.47 Å². The predicted molar refractivity (Wildman–Crippen MR) is 52.5 cm³/mol. The second kappa shape index (κ2) is 4.82. The molecule has 1 N–H and O–H groups in total. The van der Waals surface area contributed by atoms with E-state index < -0.39 is 30.0 Å². The minimum absolute atomic E-state index is 0.400. The van der Waals surface area contributed by atoms with E-state index in [-0.39, 0.29) is 0 Å². The van der Waals surface area contributed by atoms with Gasteiger partial charge in [0.15, 0.2) is 0 Å². The number of halogens is 5. The van der Waals surface area contributed by atoms with Gasteiger partial charge in [0.2, 0.25) is 0 Å². The zero-order valence-electron chi connectivity index (χ0n) is 7.74. The first-order chi connectivity index (χ1) is 7.29. The van der Waals surface area contributed by atoms with Crippen molar-refractivity contribution in [2.24, 2.45) is 0 Å². The van der Waals surface area contributed by atoms with Crippen molar-refractivity contribution in [2.75, 3.05) is 6.54 Å². The highest BCUT2D eigenvalue weighted by molar-refractivity contribution is 9.10. The second-order valence-corrected chi connectivity index (χ2v) is 3.84. The van der Waals surface area contributed by atoms with Crippen LogP contribution >= 0.6 is 15.9 Å². The fourth-order valence-electron chi connectivity index (χ4n) is 0.949. The monoisotopic (exact) mass is 299 g/mol. The van der Waals surface area contributed by atoms with E-state index in [9.17, 15) is 22.4 Å². The summed E-state index contributed by atoms with van der Waals surface area (Å²) in [5.74, 6) is -1.98. The molecular formula is C9H6BrF4NO. The van der Waals surface area contributed by atoms with Crippen molar-refractivity contribution < 1.29 is 22.4 Å². The Bertz CT molecular complexity index is 405. The van der Waals surface area contributed by atoms with Crippen molar-refractivity contribution in [3.63, 3.8) is 0 Å². The van der Waals surface area contributed by atoms with Gasteiger partial charge < -0.3 is 5.32 Å². The minimum Gasteiger partial charge on any atom is -0.343 e. The van der Waals surface area contributed by atoms with Gasteiger partial charge in [-0.25, -0.2) is 4.39 Å². The first-order valence-electron chi connectivity index (χ1n) is 4.09. The van der Waals surface area contributed by atoms with Crippen LogP contribution in [0.4, 0.5) is 17.6 Å².